The van der Waals surface area contributed by atoms with E-state index in [4.69, 9.17) is 22.2 Å². The van der Waals surface area contributed by atoms with Crippen LogP contribution in [0.25, 0.3) is 0 Å². The molecule has 0 amide bonds. The standard InChI is InChI=1S/C14H15ClN2O/c1-18-13-5-3-2-4-12(13)14(17-16)10-6-8-11(15)9-7-10/h2-9,14,17H,16H2,1H3. The van der Waals surface area contributed by atoms with Gasteiger partial charge in [0, 0.05) is 10.6 Å². The normalized spacial score (nSPS) is 12.2. The van der Waals surface area contributed by atoms with E-state index in [1.165, 1.54) is 0 Å². The molecule has 2 aromatic carbocycles. The number of rotatable bonds is 4. The highest BCUT2D eigenvalue weighted by atomic mass is 35.5. The second kappa shape index (κ2) is 5.87. The molecule has 0 bridgehead atoms. The van der Waals surface area contributed by atoms with Crippen molar-refractivity contribution >= 4 is 11.6 Å². The molecule has 0 saturated heterocycles. The second-order valence-electron chi connectivity index (χ2n) is 3.89. The molecule has 3 N–H and O–H groups in total. The van der Waals surface area contributed by atoms with Crippen LogP contribution in [0.1, 0.15) is 17.2 Å². The minimum absolute atomic E-state index is 0.126. The third-order valence-electron chi connectivity index (χ3n) is 2.82. The predicted octanol–water partition coefficient (Wildman–Crippen LogP) is 2.90. The molecular weight excluding hydrogens is 248 g/mol. The Morgan fingerprint density at radius 2 is 1.78 bits per heavy atom. The molecule has 0 radical (unpaired) electrons. The van der Waals surface area contributed by atoms with E-state index in [1.807, 2.05) is 48.5 Å². The van der Waals surface area contributed by atoms with Gasteiger partial charge in [0.2, 0.25) is 0 Å². The van der Waals surface area contributed by atoms with Gasteiger partial charge in [-0.3, -0.25) is 5.84 Å². The fourth-order valence-corrected chi connectivity index (χ4v) is 2.05. The van der Waals surface area contributed by atoms with Crippen LogP contribution in [-0.4, -0.2) is 7.11 Å². The van der Waals surface area contributed by atoms with Crippen molar-refractivity contribution in [3.05, 3.63) is 64.7 Å². The number of methoxy groups -OCH3 is 1. The van der Waals surface area contributed by atoms with Gasteiger partial charge in [0.05, 0.1) is 13.2 Å². The van der Waals surface area contributed by atoms with Crippen LogP contribution in [0.2, 0.25) is 5.02 Å². The number of halogens is 1. The first kappa shape index (κ1) is 12.9. The van der Waals surface area contributed by atoms with Crippen LogP contribution in [0.15, 0.2) is 48.5 Å². The van der Waals surface area contributed by atoms with Gasteiger partial charge in [0.1, 0.15) is 5.75 Å². The monoisotopic (exact) mass is 262 g/mol. The van der Waals surface area contributed by atoms with Gasteiger partial charge in [-0.15, -0.1) is 0 Å². The fourth-order valence-electron chi connectivity index (χ4n) is 1.93. The number of hydrogen-bond donors (Lipinski definition) is 2. The molecule has 0 aliphatic carbocycles. The lowest BCUT2D eigenvalue weighted by Gasteiger charge is -2.19. The van der Waals surface area contributed by atoms with E-state index in [0.29, 0.717) is 5.02 Å². The van der Waals surface area contributed by atoms with E-state index in [0.717, 1.165) is 16.9 Å². The van der Waals surface area contributed by atoms with Crippen molar-refractivity contribution in [1.82, 2.24) is 5.43 Å². The van der Waals surface area contributed by atoms with Gasteiger partial charge in [-0.05, 0) is 23.8 Å². The molecule has 0 aromatic heterocycles. The first-order chi connectivity index (χ1) is 8.76. The maximum absolute atomic E-state index is 5.89. The Hall–Kier alpha value is -1.55. The fraction of sp³-hybridized carbons (Fsp3) is 0.143. The Morgan fingerprint density at radius 1 is 1.11 bits per heavy atom. The van der Waals surface area contributed by atoms with Crippen LogP contribution < -0.4 is 16.0 Å². The topological polar surface area (TPSA) is 47.3 Å². The van der Waals surface area contributed by atoms with Crippen molar-refractivity contribution in [1.29, 1.82) is 0 Å². The molecule has 1 unspecified atom stereocenters. The molecular formula is C14H15ClN2O. The molecule has 94 valence electrons. The second-order valence-corrected chi connectivity index (χ2v) is 4.33. The summed E-state index contributed by atoms with van der Waals surface area (Å²) in [5.41, 5.74) is 4.83. The van der Waals surface area contributed by atoms with E-state index < -0.39 is 0 Å². The smallest absolute Gasteiger partial charge is 0.124 e. The first-order valence-electron chi connectivity index (χ1n) is 5.60. The molecule has 0 spiro atoms. The molecule has 0 heterocycles. The Kier molecular flexibility index (Phi) is 4.20. The lowest BCUT2D eigenvalue weighted by molar-refractivity contribution is 0.404. The molecule has 1 atom stereocenters. The summed E-state index contributed by atoms with van der Waals surface area (Å²) < 4.78 is 5.35. The predicted molar refractivity (Wildman–Crippen MR) is 73.6 cm³/mol. The summed E-state index contributed by atoms with van der Waals surface area (Å²) in [6.07, 6.45) is 0. The van der Waals surface area contributed by atoms with Crippen molar-refractivity contribution in [2.75, 3.05) is 7.11 Å². The molecule has 3 nitrogen and oxygen atoms in total. The average Bonchev–Trinajstić information content (AvgIpc) is 2.42. The average molecular weight is 263 g/mol. The summed E-state index contributed by atoms with van der Waals surface area (Å²) >= 11 is 5.89. The maximum Gasteiger partial charge on any atom is 0.124 e. The van der Waals surface area contributed by atoms with E-state index in [-0.39, 0.29) is 6.04 Å². The molecule has 4 heteroatoms. The number of benzene rings is 2. The maximum atomic E-state index is 5.89. The number of hydrogen-bond acceptors (Lipinski definition) is 3. The van der Waals surface area contributed by atoms with Gasteiger partial charge in [0.25, 0.3) is 0 Å². The third-order valence-corrected chi connectivity index (χ3v) is 3.07. The van der Waals surface area contributed by atoms with Crippen molar-refractivity contribution < 1.29 is 4.74 Å². The molecule has 2 aromatic rings. The minimum Gasteiger partial charge on any atom is -0.496 e. The van der Waals surface area contributed by atoms with E-state index in [9.17, 15) is 0 Å². The van der Waals surface area contributed by atoms with Crippen molar-refractivity contribution in [3.8, 4) is 5.75 Å². The summed E-state index contributed by atoms with van der Waals surface area (Å²) in [6.45, 7) is 0. The van der Waals surface area contributed by atoms with Crippen LogP contribution >= 0.6 is 11.6 Å². The summed E-state index contributed by atoms with van der Waals surface area (Å²) in [6, 6.07) is 15.2. The van der Waals surface area contributed by atoms with Gasteiger partial charge in [-0.25, -0.2) is 5.43 Å². The van der Waals surface area contributed by atoms with Crippen LogP contribution in [0.5, 0.6) is 5.75 Å². The quantitative estimate of drug-likeness (QED) is 0.658. The first-order valence-corrected chi connectivity index (χ1v) is 5.98. The van der Waals surface area contributed by atoms with E-state index in [2.05, 4.69) is 5.43 Å². The Bertz CT molecular complexity index is 513. The zero-order chi connectivity index (χ0) is 13.0. The third kappa shape index (κ3) is 2.64. The summed E-state index contributed by atoms with van der Waals surface area (Å²) in [7, 11) is 1.65. The number of hydrazine groups is 1. The molecule has 0 aliphatic heterocycles. The van der Waals surface area contributed by atoms with Gasteiger partial charge < -0.3 is 4.74 Å². The molecule has 0 saturated carbocycles. The molecule has 18 heavy (non-hydrogen) atoms. The zero-order valence-electron chi connectivity index (χ0n) is 10.1. The summed E-state index contributed by atoms with van der Waals surface area (Å²) in [5.74, 6) is 6.46. The van der Waals surface area contributed by atoms with Gasteiger partial charge in [0.15, 0.2) is 0 Å². The molecule has 2 rings (SSSR count). The molecule has 0 fully saturated rings. The van der Waals surface area contributed by atoms with E-state index in [1.54, 1.807) is 7.11 Å². The van der Waals surface area contributed by atoms with Crippen LogP contribution in [0.4, 0.5) is 0 Å². The lowest BCUT2D eigenvalue weighted by atomic mass is 9.98. The van der Waals surface area contributed by atoms with Crippen LogP contribution in [-0.2, 0) is 0 Å². The van der Waals surface area contributed by atoms with E-state index >= 15 is 0 Å². The number of para-hydroxylation sites is 1. The zero-order valence-corrected chi connectivity index (χ0v) is 10.8. The van der Waals surface area contributed by atoms with Crippen molar-refractivity contribution in [3.63, 3.8) is 0 Å². The van der Waals surface area contributed by atoms with Crippen LogP contribution in [0.3, 0.4) is 0 Å². The molecule has 0 aliphatic rings. The number of nitrogens with one attached hydrogen (secondary N) is 1. The van der Waals surface area contributed by atoms with Gasteiger partial charge in [-0.1, -0.05) is 41.9 Å². The van der Waals surface area contributed by atoms with Crippen molar-refractivity contribution in [2.24, 2.45) is 5.84 Å². The Balaban J connectivity index is 2.41. The van der Waals surface area contributed by atoms with Gasteiger partial charge in [-0.2, -0.15) is 0 Å². The minimum atomic E-state index is -0.126. The van der Waals surface area contributed by atoms with Gasteiger partial charge >= 0.3 is 0 Å². The number of nitrogens with two attached hydrogens (primary N) is 1. The van der Waals surface area contributed by atoms with Crippen LogP contribution in [0, 0.1) is 0 Å². The SMILES string of the molecule is COc1ccccc1C(NN)c1ccc(Cl)cc1. The summed E-state index contributed by atoms with van der Waals surface area (Å²) in [4.78, 5) is 0. The number of ether oxygens (including phenoxy) is 1. The Labute approximate surface area is 111 Å². The van der Waals surface area contributed by atoms with Crippen molar-refractivity contribution in [2.45, 2.75) is 6.04 Å². The Morgan fingerprint density at radius 3 is 2.39 bits per heavy atom. The highest BCUT2D eigenvalue weighted by Crippen LogP contribution is 2.29. The summed E-state index contributed by atoms with van der Waals surface area (Å²) in [5, 5.41) is 0.703. The largest absolute Gasteiger partial charge is 0.496 e. The highest BCUT2D eigenvalue weighted by Gasteiger charge is 2.16. The highest BCUT2D eigenvalue weighted by molar-refractivity contribution is 6.30. The lowest BCUT2D eigenvalue weighted by Crippen LogP contribution is -2.29.